The third-order valence-corrected chi connectivity index (χ3v) is 4.67. The Morgan fingerprint density at radius 3 is 2.38 bits per heavy atom. The maximum Gasteiger partial charge on any atom is 0.193 e. The number of hydrogen-bond acceptors (Lipinski definition) is 2. The van der Waals surface area contributed by atoms with Gasteiger partial charge in [0.05, 0.1) is 0 Å². The van der Waals surface area contributed by atoms with Crippen LogP contribution in [0.3, 0.4) is 0 Å². The van der Waals surface area contributed by atoms with E-state index in [0.717, 1.165) is 31.5 Å². The fraction of sp³-hybridized carbons (Fsp3) is 0.938. The molecule has 2 saturated heterocycles. The third-order valence-electron chi connectivity index (χ3n) is 4.67. The molecular weight excluding hydrogens is 375 g/mol. The van der Waals surface area contributed by atoms with Crippen LogP contribution in [0.4, 0.5) is 0 Å². The number of nitrogens with one attached hydrogen (secondary N) is 1. The van der Waals surface area contributed by atoms with Gasteiger partial charge < -0.3 is 15.1 Å². The summed E-state index contributed by atoms with van der Waals surface area (Å²) in [5, 5.41) is 3.58. The minimum Gasteiger partial charge on any atom is -0.356 e. The molecule has 0 spiro atoms. The molecular formula is C16H33IN4. The molecule has 2 rings (SSSR count). The van der Waals surface area contributed by atoms with Crippen LogP contribution in [0.25, 0.3) is 0 Å². The highest BCUT2D eigenvalue weighted by Gasteiger charge is 2.19. The highest BCUT2D eigenvalue weighted by molar-refractivity contribution is 14.0. The zero-order valence-electron chi connectivity index (χ0n) is 14.0. The smallest absolute Gasteiger partial charge is 0.193 e. The van der Waals surface area contributed by atoms with Crippen molar-refractivity contribution < 1.29 is 0 Å². The number of guanidine groups is 1. The lowest BCUT2D eigenvalue weighted by Gasteiger charge is -2.33. The molecule has 1 unspecified atom stereocenters. The Bertz CT molecular complexity index is 307. The summed E-state index contributed by atoms with van der Waals surface area (Å²) in [5.41, 5.74) is 0. The first-order chi connectivity index (χ1) is 9.69. The lowest BCUT2D eigenvalue weighted by molar-refractivity contribution is 0.265. The molecule has 2 aliphatic heterocycles. The zero-order chi connectivity index (χ0) is 14.4. The Balaban J connectivity index is 0.00000220. The van der Waals surface area contributed by atoms with Crippen molar-refractivity contribution in [3.63, 3.8) is 0 Å². The van der Waals surface area contributed by atoms with Crippen LogP contribution in [0, 0.1) is 11.8 Å². The first-order valence-electron chi connectivity index (χ1n) is 8.37. The first kappa shape index (κ1) is 19.0. The third kappa shape index (κ3) is 6.30. The molecule has 0 aliphatic carbocycles. The van der Waals surface area contributed by atoms with E-state index in [0.29, 0.717) is 5.92 Å². The van der Waals surface area contributed by atoms with Crippen molar-refractivity contribution in [3.05, 3.63) is 0 Å². The topological polar surface area (TPSA) is 30.9 Å². The molecule has 0 bridgehead atoms. The predicted molar refractivity (Wildman–Crippen MR) is 102 cm³/mol. The molecule has 0 aromatic rings. The van der Waals surface area contributed by atoms with Gasteiger partial charge in [-0.3, -0.25) is 4.99 Å². The number of likely N-dealkylation sites (tertiary alicyclic amines) is 2. The second-order valence-corrected chi connectivity index (χ2v) is 6.71. The summed E-state index contributed by atoms with van der Waals surface area (Å²) in [7, 11) is 1.91. The van der Waals surface area contributed by atoms with Crippen LogP contribution >= 0.6 is 24.0 Å². The predicted octanol–water partition coefficient (Wildman–Crippen LogP) is 2.64. The van der Waals surface area contributed by atoms with E-state index in [1.165, 1.54) is 45.3 Å². The van der Waals surface area contributed by atoms with Crippen molar-refractivity contribution in [1.29, 1.82) is 0 Å². The summed E-state index contributed by atoms with van der Waals surface area (Å²) in [5.74, 6) is 2.66. The van der Waals surface area contributed by atoms with Gasteiger partial charge >= 0.3 is 0 Å². The zero-order valence-corrected chi connectivity index (χ0v) is 16.3. The number of piperidine rings is 1. The van der Waals surface area contributed by atoms with Crippen molar-refractivity contribution in [2.45, 2.75) is 39.5 Å². The monoisotopic (exact) mass is 408 g/mol. The molecule has 1 atom stereocenters. The van der Waals surface area contributed by atoms with E-state index >= 15 is 0 Å². The van der Waals surface area contributed by atoms with Crippen molar-refractivity contribution in [3.8, 4) is 0 Å². The van der Waals surface area contributed by atoms with E-state index < -0.39 is 0 Å². The molecule has 1 N–H and O–H groups in total. The lowest BCUT2D eigenvalue weighted by Crippen LogP contribution is -2.47. The van der Waals surface area contributed by atoms with E-state index in [4.69, 9.17) is 0 Å². The summed E-state index contributed by atoms with van der Waals surface area (Å²) < 4.78 is 0. The highest BCUT2D eigenvalue weighted by atomic mass is 127. The van der Waals surface area contributed by atoms with E-state index in [9.17, 15) is 0 Å². The summed E-state index contributed by atoms with van der Waals surface area (Å²) in [4.78, 5) is 9.47. The van der Waals surface area contributed by atoms with Crippen molar-refractivity contribution >= 4 is 29.9 Å². The van der Waals surface area contributed by atoms with Crippen LogP contribution in [-0.4, -0.2) is 62.1 Å². The number of hydrogen-bond donors (Lipinski definition) is 1. The van der Waals surface area contributed by atoms with Crippen LogP contribution in [0.15, 0.2) is 4.99 Å². The van der Waals surface area contributed by atoms with E-state index in [2.05, 4.69) is 34.0 Å². The van der Waals surface area contributed by atoms with Gasteiger partial charge in [-0.25, -0.2) is 0 Å². The molecule has 0 aromatic carbocycles. The average molecular weight is 408 g/mol. The van der Waals surface area contributed by atoms with Crippen molar-refractivity contribution in [2.75, 3.05) is 46.3 Å². The Kier molecular flexibility index (Phi) is 8.94. The minimum absolute atomic E-state index is 0. The molecule has 2 heterocycles. The summed E-state index contributed by atoms with van der Waals surface area (Å²) in [6.07, 6.45) is 5.36. The Labute approximate surface area is 147 Å². The maximum atomic E-state index is 4.46. The maximum absolute atomic E-state index is 4.46. The Hall–Kier alpha value is -0.0400. The molecule has 5 heteroatoms. The number of nitrogens with zero attached hydrogens (tertiary/aromatic N) is 3. The van der Waals surface area contributed by atoms with E-state index in [-0.39, 0.29) is 24.0 Å². The lowest BCUT2D eigenvalue weighted by atomic mass is 9.99. The van der Waals surface area contributed by atoms with Crippen LogP contribution < -0.4 is 5.32 Å². The van der Waals surface area contributed by atoms with Crippen LogP contribution in [0.1, 0.15) is 39.5 Å². The summed E-state index contributed by atoms with van der Waals surface area (Å²) in [6.45, 7) is 11.9. The van der Waals surface area contributed by atoms with Gasteiger partial charge in [0.15, 0.2) is 5.96 Å². The van der Waals surface area contributed by atoms with Gasteiger partial charge in [0, 0.05) is 33.2 Å². The SMILES string of the molecule is CN=C(NCC(C)CN1CCCC1)N1CCC(C)CC1.I. The molecule has 0 aromatic heterocycles. The van der Waals surface area contributed by atoms with Gasteiger partial charge in [0.1, 0.15) is 0 Å². The molecule has 0 saturated carbocycles. The average Bonchev–Trinajstić information content (AvgIpc) is 2.94. The van der Waals surface area contributed by atoms with Gasteiger partial charge in [-0.1, -0.05) is 13.8 Å². The first-order valence-corrected chi connectivity index (χ1v) is 8.37. The van der Waals surface area contributed by atoms with Crippen molar-refractivity contribution in [2.24, 2.45) is 16.8 Å². The van der Waals surface area contributed by atoms with Crippen LogP contribution in [0.5, 0.6) is 0 Å². The normalized spacial score (nSPS) is 23.0. The fourth-order valence-corrected chi connectivity index (χ4v) is 3.29. The van der Waals surface area contributed by atoms with Gasteiger partial charge in [-0.05, 0) is 50.6 Å². The van der Waals surface area contributed by atoms with Gasteiger partial charge in [-0.2, -0.15) is 0 Å². The van der Waals surface area contributed by atoms with Crippen LogP contribution in [0.2, 0.25) is 0 Å². The minimum atomic E-state index is 0. The summed E-state index contributed by atoms with van der Waals surface area (Å²) >= 11 is 0. The Morgan fingerprint density at radius 2 is 1.81 bits per heavy atom. The van der Waals surface area contributed by atoms with Crippen LogP contribution in [-0.2, 0) is 0 Å². The molecule has 4 nitrogen and oxygen atoms in total. The second kappa shape index (κ2) is 9.87. The standard InChI is InChI=1S/C16H32N4.HI/c1-14-6-10-20(11-7-14)16(17-3)18-12-15(2)13-19-8-4-5-9-19;/h14-15H,4-13H2,1-3H3,(H,17,18);1H. The number of aliphatic imine (C=N–C) groups is 1. The van der Waals surface area contributed by atoms with E-state index in [1.54, 1.807) is 0 Å². The molecule has 2 aliphatic rings. The van der Waals surface area contributed by atoms with Gasteiger partial charge in [0.2, 0.25) is 0 Å². The molecule has 124 valence electrons. The summed E-state index contributed by atoms with van der Waals surface area (Å²) in [6, 6.07) is 0. The van der Waals surface area contributed by atoms with E-state index in [1.807, 2.05) is 7.05 Å². The second-order valence-electron chi connectivity index (χ2n) is 6.71. The quantitative estimate of drug-likeness (QED) is 0.441. The molecule has 2 fully saturated rings. The molecule has 21 heavy (non-hydrogen) atoms. The van der Waals surface area contributed by atoms with Gasteiger partial charge in [0.25, 0.3) is 0 Å². The Morgan fingerprint density at radius 1 is 1.19 bits per heavy atom. The number of halogens is 1. The largest absolute Gasteiger partial charge is 0.356 e. The highest BCUT2D eigenvalue weighted by Crippen LogP contribution is 2.16. The van der Waals surface area contributed by atoms with Gasteiger partial charge in [-0.15, -0.1) is 24.0 Å². The fourth-order valence-electron chi connectivity index (χ4n) is 3.29. The van der Waals surface area contributed by atoms with Crippen molar-refractivity contribution in [1.82, 2.24) is 15.1 Å². The number of rotatable bonds is 4. The molecule has 0 amide bonds. The molecule has 0 radical (unpaired) electrons.